The molecule has 0 saturated carbocycles. The van der Waals surface area contributed by atoms with E-state index in [-0.39, 0.29) is 11.7 Å². The van der Waals surface area contributed by atoms with Gasteiger partial charge in [0.05, 0.1) is 0 Å². The minimum Gasteiger partial charge on any atom is -0.280 e. The zero-order chi connectivity index (χ0) is 17.9. The normalized spacial score (nSPS) is 10.7. The Morgan fingerprint density at radius 2 is 1.81 bits per heavy atom. The fourth-order valence-corrected chi connectivity index (χ4v) is 2.40. The van der Waals surface area contributed by atoms with E-state index >= 15 is 0 Å². The molecule has 2 aromatic carbocycles. The molecule has 0 atom stereocenters. The molecule has 4 aromatic rings. The van der Waals surface area contributed by atoms with E-state index in [1.54, 1.807) is 24.3 Å². The highest BCUT2D eigenvalue weighted by Crippen LogP contribution is 2.23. The fourth-order valence-electron chi connectivity index (χ4n) is 2.27. The van der Waals surface area contributed by atoms with Crippen molar-refractivity contribution in [3.8, 4) is 11.3 Å². The third-order valence-corrected chi connectivity index (χ3v) is 3.77. The minimum absolute atomic E-state index is 0.202. The van der Waals surface area contributed by atoms with Crippen LogP contribution in [0.3, 0.4) is 0 Å². The number of carbonyl (C=O) groups excluding carboxylic acids is 1. The summed E-state index contributed by atoms with van der Waals surface area (Å²) < 4.78 is 1.22. The number of nitrogens with zero attached hydrogens (tertiary/aromatic N) is 6. The standard InChI is InChI=1S/C16H11ClN8O/c17-12-8-6-11(7-9-12)15(26)20-19-14-13(10-4-2-1-3-5-10)22-25-16(18-14)21-23-24-25/h1-9H,(H,20,26)(H,18,19,21,24). The molecule has 2 aromatic heterocycles. The second-order valence-electron chi connectivity index (χ2n) is 5.23. The number of hydrogen-bond donors (Lipinski definition) is 2. The second kappa shape index (κ2) is 6.73. The summed E-state index contributed by atoms with van der Waals surface area (Å²) >= 11 is 5.84. The molecule has 0 bridgehead atoms. The zero-order valence-electron chi connectivity index (χ0n) is 13.2. The van der Waals surface area contributed by atoms with Gasteiger partial charge >= 0.3 is 0 Å². The van der Waals surface area contributed by atoms with E-state index < -0.39 is 0 Å². The van der Waals surface area contributed by atoms with E-state index in [1.807, 2.05) is 30.3 Å². The Morgan fingerprint density at radius 1 is 1.04 bits per heavy atom. The van der Waals surface area contributed by atoms with Crippen LogP contribution in [0.4, 0.5) is 5.82 Å². The molecule has 10 heteroatoms. The van der Waals surface area contributed by atoms with Crippen LogP contribution in [0.15, 0.2) is 54.6 Å². The van der Waals surface area contributed by atoms with Crippen LogP contribution in [0.5, 0.6) is 0 Å². The van der Waals surface area contributed by atoms with Gasteiger partial charge in [0.1, 0.15) is 5.69 Å². The summed E-state index contributed by atoms with van der Waals surface area (Å²) in [5.41, 5.74) is 7.11. The molecule has 4 rings (SSSR count). The summed E-state index contributed by atoms with van der Waals surface area (Å²) in [6.07, 6.45) is 0. The average molecular weight is 367 g/mol. The van der Waals surface area contributed by atoms with Crippen molar-refractivity contribution in [2.24, 2.45) is 0 Å². The quantitative estimate of drug-likeness (QED) is 0.531. The number of rotatable bonds is 4. The maximum atomic E-state index is 12.3. The van der Waals surface area contributed by atoms with Crippen molar-refractivity contribution in [2.75, 3.05) is 5.43 Å². The molecule has 9 nitrogen and oxygen atoms in total. The molecule has 0 saturated heterocycles. The van der Waals surface area contributed by atoms with E-state index in [2.05, 4.69) is 36.5 Å². The van der Waals surface area contributed by atoms with Gasteiger partial charge in [0.2, 0.25) is 0 Å². The molecule has 128 valence electrons. The molecule has 0 aliphatic heterocycles. The van der Waals surface area contributed by atoms with Crippen molar-refractivity contribution in [1.29, 1.82) is 0 Å². The number of tetrazole rings is 1. The van der Waals surface area contributed by atoms with Gasteiger partial charge in [-0.15, -0.1) is 5.10 Å². The van der Waals surface area contributed by atoms with Crippen LogP contribution in [0.2, 0.25) is 5.02 Å². The molecule has 1 amide bonds. The minimum atomic E-state index is -0.345. The zero-order valence-corrected chi connectivity index (χ0v) is 13.9. The molecule has 0 aliphatic carbocycles. The number of anilines is 1. The maximum Gasteiger partial charge on any atom is 0.293 e. The largest absolute Gasteiger partial charge is 0.293 e. The van der Waals surface area contributed by atoms with Crippen LogP contribution in [-0.2, 0) is 0 Å². The average Bonchev–Trinajstić information content (AvgIpc) is 3.14. The number of hydrazine groups is 1. The van der Waals surface area contributed by atoms with Gasteiger partial charge in [0.25, 0.3) is 11.7 Å². The van der Waals surface area contributed by atoms with Crippen LogP contribution in [0, 0.1) is 0 Å². The van der Waals surface area contributed by atoms with Crippen LogP contribution in [0.1, 0.15) is 10.4 Å². The first-order valence-corrected chi connectivity index (χ1v) is 7.92. The van der Waals surface area contributed by atoms with Crippen molar-refractivity contribution >= 4 is 29.1 Å². The number of hydrogen-bond acceptors (Lipinski definition) is 7. The second-order valence-corrected chi connectivity index (χ2v) is 5.67. The molecule has 0 unspecified atom stereocenters. The lowest BCUT2D eigenvalue weighted by Crippen LogP contribution is -2.30. The van der Waals surface area contributed by atoms with Gasteiger partial charge in [-0.2, -0.15) is 4.98 Å². The van der Waals surface area contributed by atoms with E-state index in [9.17, 15) is 4.79 Å². The van der Waals surface area contributed by atoms with Gasteiger partial charge in [0, 0.05) is 16.1 Å². The topological polar surface area (TPSA) is 110 Å². The summed E-state index contributed by atoms with van der Waals surface area (Å²) in [7, 11) is 0. The lowest BCUT2D eigenvalue weighted by molar-refractivity contribution is 0.0962. The highest BCUT2D eigenvalue weighted by atomic mass is 35.5. The highest BCUT2D eigenvalue weighted by Gasteiger charge is 2.14. The molecule has 0 aliphatic rings. The lowest BCUT2D eigenvalue weighted by Gasteiger charge is -2.11. The number of aromatic nitrogens is 6. The van der Waals surface area contributed by atoms with E-state index in [0.717, 1.165) is 5.56 Å². The maximum absolute atomic E-state index is 12.3. The van der Waals surface area contributed by atoms with Crippen molar-refractivity contribution in [1.82, 2.24) is 35.7 Å². The lowest BCUT2D eigenvalue weighted by atomic mass is 10.1. The van der Waals surface area contributed by atoms with E-state index in [4.69, 9.17) is 11.6 Å². The fraction of sp³-hybridized carbons (Fsp3) is 0. The van der Waals surface area contributed by atoms with Crippen molar-refractivity contribution in [3.63, 3.8) is 0 Å². The van der Waals surface area contributed by atoms with Crippen LogP contribution < -0.4 is 10.9 Å². The summed E-state index contributed by atoms with van der Waals surface area (Å²) in [6.45, 7) is 0. The van der Waals surface area contributed by atoms with Crippen molar-refractivity contribution < 1.29 is 4.79 Å². The SMILES string of the molecule is O=C(NNc1nc2nnnn2nc1-c1ccccc1)c1ccc(Cl)cc1. The Labute approximate surface area is 152 Å². The number of fused-ring (bicyclic) bond motifs is 1. The molecule has 2 heterocycles. The first-order valence-electron chi connectivity index (χ1n) is 7.54. The Kier molecular flexibility index (Phi) is 4.12. The smallest absolute Gasteiger partial charge is 0.280 e. The van der Waals surface area contributed by atoms with Gasteiger partial charge in [-0.3, -0.25) is 15.6 Å². The summed E-state index contributed by atoms with van der Waals surface area (Å²) in [6, 6.07) is 15.9. The van der Waals surface area contributed by atoms with Gasteiger partial charge in [0.15, 0.2) is 5.82 Å². The Bertz CT molecular complexity index is 1060. The Morgan fingerprint density at radius 3 is 2.58 bits per heavy atom. The van der Waals surface area contributed by atoms with Crippen molar-refractivity contribution in [2.45, 2.75) is 0 Å². The number of halogens is 1. The summed E-state index contributed by atoms with van der Waals surface area (Å²) in [5.74, 6) is 0.177. The summed E-state index contributed by atoms with van der Waals surface area (Å²) in [4.78, 5) is 16.6. The van der Waals surface area contributed by atoms with Crippen LogP contribution in [0.25, 0.3) is 17.0 Å². The van der Waals surface area contributed by atoms with Crippen molar-refractivity contribution in [3.05, 3.63) is 65.2 Å². The predicted molar refractivity (Wildman–Crippen MR) is 94.3 cm³/mol. The Hall–Kier alpha value is -3.59. The van der Waals surface area contributed by atoms with E-state index in [1.165, 1.54) is 4.63 Å². The molecular weight excluding hydrogens is 356 g/mol. The van der Waals surface area contributed by atoms with Crippen LogP contribution >= 0.6 is 11.6 Å². The van der Waals surface area contributed by atoms with Gasteiger partial charge < -0.3 is 0 Å². The number of carbonyl (C=O) groups is 1. The molecule has 26 heavy (non-hydrogen) atoms. The van der Waals surface area contributed by atoms with Gasteiger partial charge in [-0.05, 0) is 34.7 Å². The third kappa shape index (κ3) is 3.15. The summed E-state index contributed by atoms with van der Waals surface area (Å²) in [5, 5.41) is 16.0. The molecular formula is C16H11ClN8O. The molecule has 0 radical (unpaired) electrons. The van der Waals surface area contributed by atoms with Gasteiger partial charge in [-0.1, -0.05) is 51.7 Å². The van der Waals surface area contributed by atoms with Crippen LogP contribution in [-0.4, -0.2) is 36.1 Å². The van der Waals surface area contributed by atoms with Gasteiger partial charge in [-0.25, -0.2) is 0 Å². The number of amides is 1. The van der Waals surface area contributed by atoms with E-state index in [0.29, 0.717) is 22.1 Å². The third-order valence-electron chi connectivity index (χ3n) is 3.52. The predicted octanol–water partition coefficient (Wildman–Crippen LogP) is 1.99. The first kappa shape index (κ1) is 15.9. The molecule has 0 fully saturated rings. The molecule has 2 N–H and O–H groups in total. The Balaban J connectivity index is 1.64. The monoisotopic (exact) mass is 366 g/mol. The highest BCUT2D eigenvalue weighted by molar-refractivity contribution is 6.30. The molecule has 0 spiro atoms. The number of nitrogens with one attached hydrogen (secondary N) is 2. The first-order chi connectivity index (χ1) is 12.7. The number of benzene rings is 2.